The van der Waals surface area contributed by atoms with Gasteiger partial charge in [-0.2, -0.15) is 0 Å². The SMILES string of the molecule is Nc1cncc(C[C@H]2CC(=O)N(c3ccccc3)C2)c1. The molecule has 1 amide bonds. The Kier molecular flexibility index (Phi) is 3.37. The highest BCUT2D eigenvalue weighted by Gasteiger charge is 2.30. The highest BCUT2D eigenvalue weighted by Crippen LogP contribution is 2.27. The molecule has 1 aromatic carbocycles. The first-order chi connectivity index (χ1) is 9.72. The lowest BCUT2D eigenvalue weighted by atomic mass is 9.99. The molecular weight excluding hydrogens is 250 g/mol. The Balaban J connectivity index is 1.71. The van der Waals surface area contributed by atoms with Gasteiger partial charge in [-0.1, -0.05) is 18.2 Å². The van der Waals surface area contributed by atoms with Crippen LogP contribution in [0.25, 0.3) is 0 Å². The molecule has 4 nitrogen and oxygen atoms in total. The second-order valence-electron chi connectivity index (χ2n) is 5.24. The maximum Gasteiger partial charge on any atom is 0.227 e. The number of carbonyl (C=O) groups is 1. The Morgan fingerprint density at radius 3 is 2.80 bits per heavy atom. The van der Waals surface area contributed by atoms with Crippen molar-refractivity contribution >= 4 is 17.3 Å². The molecule has 2 heterocycles. The largest absolute Gasteiger partial charge is 0.397 e. The first kappa shape index (κ1) is 12.7. The molecule has 102 valence electrons. The van der Waals surface area contributed by atoms with E-state index in [9.17, 15) is 4.79 Å². The summed E-state index contributed by atoms with van der Waals surface area (Å²) >= 11 is 0. The van der Waals surface area contributed by atoms with Crippen molar-refractivity contribution in [1.29, 1.82) is 0 Å². The van der Waals surface area contributed by atoms with Gasteiger partial charge in [-0.3, -0.25) is 9.78 Å². The standard InChI is InChI=1S/C16H17N3O/c17-14-7-12(9-18-10-14)6-13-8-16(20)19(11-13)15-4-2-1-3-5-15/h1-5,7,9-10,13H,6,8,11,17H2/t13-/m0/s1. The molecule has 2 N–H and O–H groups in total. The van der Waals surface area contributed by atoms with Crippen LogP contribution in [0.3, 0.4) is 0 Å². The van der Waals surface area contributed by atoms with Crippen molar-refractivity contribution in [1.82, 2.24) is 4.98 Å². The van der Waals surface area contributed by atoms with Crippen LogP contribution < -0.4 is 10.6 Å². The lowest BCUT2D eigenvalue weighted by Gasteiger charge is -2.16. The van der Waals surface area contributed by atoms with Crippen LogP contribution in [0, 0.1) is 5.92 Å². The number of amides is 1. The number of rotatable bonds is 3. The highest BCUT2D eigenvalue weighted by atomic mass is 16.2. The predicted octanol–water partition coefficient (Wildman–Crippen LogP) is 2.26. The molecule has 0 saturated carbocycles. The molecular formula is C16H17N3O. The first-order valence-corrected chi connectivity index (χ1v) is 6.77. The van der Waals surface area contributed by atoms with E-state index in [1.165, 1.54) is 0 Å². The molecule has 1 aromatic heterocycles. The average Bonchev–Trinajstić information content (AvgIpc) is 2.80. The van der Waals surface area contributed by atoms with Gasteiger partial charge < -0.3 is 10.6 Å². The summed E-state index contributed by atoms with van der Waals surface area (Å²) in [5.74, 6) is 0.518. The molecule has 20 heavy (non-hydrogen) atoms. The molecule has 3 rings (SSSR count). The van der Waals surface area contributed by atoms with Gasteiger partial charge in [-0.15, -0.1) is 0 Å². The van der Waals surface area contributed by atoms with Crippen LogP contribution in [0.1, 0.15) is 12.0 Å². The van der Waals surface area contributed by atoms with E-state index in [-0.39, 0.29) is 5.91 Å². The third-order valence-corrected chi connectivity index (χ3v) is 3.61. The molecule has 1 fully saturated rings. The van der Waals surface area contributed by atoms with E-state index < -0.39 is 0 Å². The summed E-state index contributed by atoms with van der Waals surface area (Å²) in [5.41, 5.74) is 8.48. The van der Waals surface area contributed by atoms with Gasteiger partial charge in [0.05, 0.1) is 5.69 Å². The fourth-order valence-corrected chi connectivity index (χ4v) is 2.73. The number of nitrogen functional groups attached to an aromatic ring is 1. The Bertz CT molecular complexity index is 612. The minimum absolute atomic E-state index is 0.193. The lowest BCUT2D eigenvalue weighted by Crippen LogP contribution is -2.24. The minimum atomic E-state index is 0.193. The summed E-state index contributed by atoms with van der Waals surface area (Å²) in [6.07, 6.45) is 4.89. The van der Waals surface area contributed by atoms with Crippen molar-refractivity contribution in [2.45, 2.75) is 12.8 Å². The van der Waals surface area contributed by atoms with E-state index in [4.69, 9.17) is 5.73 Å². The van der Waals surface area contributed by atoms with Crippen LogP contribution in [-0.4, -0.2) is 17.4 Å². The molecule has 2 aromatic rings. The molecule has 0 radical (unpaired) electrons. The first-order valence-electron chi connectivity index (χ1n) is 6.77. The molecule has 1 saturated heterocycles. The van der Waals surface area contributed by atoms with Crippen molar-refractivity contribution < 1.29 is 4.79 Å². The van der Waals surface area contributed by atoms with Gasteiger partial charge in [-0.25, -0.2) is 0 Å². The normalized spacial score (nSPS) is 18.5. The number of anilines is 2. The molecule has 0 bridgehead atoms. The van der Waals surface area contributed by atoms with Crippen LogP contribution in [-0.2, 0) is 11.2 Å². The molecule has 1 aliphatic heterocycles. The van der Waals surface area contributed by atoms with Crippen molar-refractivity contribution in [2.24, 2.45) is 5.92 Å². The van der Waals surface area contributed by atoms with Crippen LogP contribution in [0.4, 0.5) is 11.4 Å². The zero-order valence-electron chi connectivity index (χ0n) is 11.2. The van der Waals surface area contributed by atoms with E-state index in [1.807, 2.05) is 47.5 Å². The highest BCUT2D eigenvalue weighted by molar-refractivity contribution is 5.95. The van der Waals surface area contributed by atoms with E-state index in [0.29, 0.717) is 18.0 Å². The predicted molar refractivity (Wildman–Crippen MR) is 79.3 cm³/mol. The summed E-state index contributed by atoms with van der Waals surface area (Å²) in [5, 5.41) is 0. The monoisotopic (exact) mass is 267 g/mol. The van der Waals surface area contributed by atoms with Crippen molar-refractivity contribution in [2.75, 3.05) is 17.2 Å². The smallest absolute Gasteiger partial charge is 0.227 e. The number of carbonyl (C=O) groups excluding carboxylic acids is 1. The summed E-state index contributed by atoms with van der Waals surface area (Å²) in [4.78, 5) is 18.1. The number of nitrogens with zero attached hydrogens (tertiary/aromatic N) is 2. The van der Waals surface area contributed by atoms with Crippen LogP contribution >= 0.6 is 0 Å². The number of hydrogen-bond donors (Lipinski definition) is 1. The Labute approximate surface area is 118 Å². The summed E-state index contributed by atoms with van der Waals surface area (Å²) in [7, 11) is 0. The quantitative estimate of drug-likeness (QED) is 0.928. The van der Waals surface area contributed by atoms with Gasteiger partial charge in [-0.05, 0) is 36.1 Å². The summed E-state index contributed by atoms with van der Waals surface area (Å²) in [6.45, 7) is 0.762. The van der Waals surface area contributed by atoms with Crippen molar-refractivity contribution in [3.63, 3.8) is 0 Å². The topological polar surface area (TPSA) is 59.2 Å². The Morgan fingerprint density at radius 1 is 1.25 bits per heavy atom. The van der Waals surface area contributed by atoms with Crippen LogP contribution in [0.15, 0.2) is 48.8 Å². The van der Waals surface area contributed by atoms with Crippen LogP contribution in [0.5, 0.6) is 0 Å². The number of aromatic nitrogens is 1. The van der Waals surface area contributed by atoms with Gasteiger partial charge in [0.25, 0.3) is 0 Å². The zero-order valence-corrected chi connectivity index (χ0v) is 11.2. The minimum Gasteiger partial charge on any atom is -0.397 e. The lowest BCUT2D eigenvalue weighted by molar-refractivity contribution is -0.117. The molecule has 1 atom stereocenters. The van der Waals surface area contributed by atoms with E-state index in [0.717, 1.165) is 24.2 Å². The van der Waals surface area contributed by atoms with Crippen molar-refractivity contribution in [3.05, 3.63) is 54.4 Å². The van der Waals surface area contributed by atoms with E-state index in [2.05, 4.69) is 4.98 Å². The van der Waals surface area contributed by atoms with Gasteiger partial charge in [0.1, 0.15) is 0 Å². The number of pyridine rings is 1. The Hall–Kier alpha value is -2.36. The maximum absolute atomic E-state index is 12.1. The second kappa shape index (κ2) is 5.33. The van der Waals surface area contributed by atoms with Crippen LogP contribution in [0.2, 0.25) is 0 Å². The average molecular weight is 267 g/mol. The number of benzene rings is 1. The molecule has 4 heteroatoms. The maximum atomic E-state index is 12.1. The Morgan fingerprint density at radius 2 is 2.05 bits per heavy atom. The summed E-state index contributed by atoms with van der Waals surface area (Å²) in [6, 6.07) is 11.8. The van der Waals surface area contributed by atoms with Crippen molar-refractivity contribution in [3.8, 4) is 0 Å². The fraction of sp³-hybridized carbons (Fsp3) is 0.250. The third kappa shape index (κ3) is 2.64. The number of para-hydroxylation sites is 1. The van der Waals surface area contributed by atoms with Gasteiger partial charge in [0.2, 0.25) is 5.91 Å². The number of nitrogens with two attached hydrogens (primary N) is 1. The van der Waals surface area contributed by atoms with Gasteiger partial charge in [0.15, 0.2) is 0 Å². The van der Waals surface area contributed by atoms with Gasteiger partial charge >= 0.3 is 0 Å². The van der Waals surface area contributed by atoms with E-state index >= 15 is 0 Å². The van der Waals surface area contributed by atoms with E-state index in [1.54, 1.807) is 6.20 Å². The second-order valence-corrected chi connectivity index (χ2v) is 5.24. The summed E-state index contributed by atoms with van der Waals surface area (Å²) < 4.78 is 0. The zero-order chi connectivity index (χ0) is 13.9. The molecule has 0 unspecified atom stereocenters. The fourth-order valence-electron chi connectivity index (χ4n) is 2.73. The molecule has 1 aliphatic rings. The molecule has 0 aliphatic carbocycles. The molecule has 0 spiro atoms. The number of hydrogen-bond acceptors (Lipinski definition) is 3. The third-order valence-electron chi connectivity index (χ3n) is 3.61. The van der Waals surface area contributed by atoms with Gasteiger partial charge in [0, 0.05) is 31.0 Å².